The quantitative estimate of drug-likeness (QED) is 0.720. The van der Waals surface area contributed by atoms with E-state index in [4.69, 9.17) is 10.00 Å². The van der Waals surface area contributed by atoms with Gasteiger partial charge in [0, 0.05) is 12.1 Å². The topological polar surface area (TPSA) is 96.3 Å². The number of sulfonamides is 1. The number of nitriles is 1. The van der Waals surface area contributed by atoms with Crippen LogP contribution >= 0.6 is 0 Å². The third-order valence-corrected chi connectivity index (χ3v) is 6.45. The number of ether oxygens (including phenoxy) is 1. The van der Waals surface area contributed by atoms with Gasteiger partial charge in [0.15, 0.2) is 0 Å². The van der Waals surface area contributed by atoms with Crippen molar-refractivity contribution in [3.63, 3.8) is 0 Å². The summed E-state index contributed by atoms with van der Waals surface area (Å²) in [5.41, 5.74) is 4.26. The molecule has 0 aliphatic heterocycles. The van der Waals surface area contributed by atoms with E-state index in [1.807, 2.05) is 26.0 Å². The maximum absolute atomic E-state index is 12.7. The van der Waals surface area contributed by atoms with Gasteiger partial charge in [0.2, 0.25) is 10.0 Å². The minimum Gasteiger partial charge on any atom is -0.461 e. The lowest BCUT2D eigenvalue weighted by Crippen LogP contribution is -2.28. The van der Waals surface area contributed by atoms with E-state index in [2.05, 4.69) is 4.72 Å². The molecule has 0 aliphatic carbocycles. The molecule has 0 saturated carbocycles. The van der Waals surface area contributed by atoms with Gasteiger partial charge >= 0.3 is 5.97 Å². The summed E-state index contributed by atoms with van der Waals surface area (Å²) in [7, 11) is -3.74. The second-order valence-corrected chi connectivity index (χ2v) is 8.37. The molecule has 2 rings (SSSR count). The van der Waals surface area contributed by atoms with Crippen molar-refractivity contribution in [2.24, 2.45) is 0 Å². The lowest BCUT2D eigenvalue weighted by atomic mass is 10.0. The number of carbonyl (C=O) groups excluding carboxylic acids is 1. The summed E-state index contributed by atoms with van der Waals surface area (Å²) >= 11 is 0. The zero-order chi connectivity index (χ0) is 20.9. The Morgan fingerprint density at radius 3 is 2.32 bits per heavy atom. The van der Waals surface area contributed by atoms with Gasteiger partial charge in [0.1, 0.15) is 6.61 Å². The second kappa shape index (κ2) is 9.00. The molecular weight excluding hydrogens is 376 g/mol. The van der Waals surface area contributed by atoms with E-state index in [0.717, 1.165) is 11.1 Å². The second-order valence-electron chi connectivity index (χ2n) is 6.67. The SMILES string of the molecule is Cc1cc(C)c(C)c(S(=O)(=O)NCCC(=O)OCc2ccccc2C#N)c1C. The Morgan fingerprint density at radius 2 is 1.71 bits per heavy atom. The number of hydrogen-bond acceptors (Lipinski definition) is 5. The fourth-order valence-corrected chi connectivity index (χ4v) is 4.57. The summed E-state index contributed by atoms with van der Waals surface area (Å²) in [6.07, 6.45) is -0.100. The van der Waals surface area contributed by atoms with Gasteiger partial charge in [0.25, 0.3) is 0 Å². The highest BCUT2D eigenvalue weighted by Crippen LogP contribution is 2.25. The van der Waals surface area contributed by atoms with Crippen LogP contribution in [0.15, 0.2) is 35.2 Å². The van der Waals surface area contributed by atoms with Crippen LogP contribution in [0.25, 0.3) is 0 Å². The molecule has 0 saturated heterocycles. The van der Waals surface area contributed by atoms with Crippen LogP contribution in [-0.2, 0) is 26.2 Å². The molecule has 0 amide bonds. The van der Waals surface area contributed by atoms with Crippen LogP contribution in [0.4, 0.5) is 0 Å². The summed E-state index contributed by atoms with van der Waals surface area (Å²) in [4.78, 5) is 12.2. The molecule has 0 aliphatic rings. The van der Waals surface area contributed by atoms with Crippen molar-refractivity contribution >= 4 is 16.0 Å². The fraction of sp³-hybridized carbons (Fsp3) is 0.333. The molecule has 0 bridgehead atoms. The van der Waals surface area contributed by atoms with Crippen molar-refractivity contribution in [3.8, 4) is 6.07 Å². The van der Waals surface area contributed by atoms with E-state index in [-0.39, 0.29) is 24.5 Å². The smallest absolute Gasteiger partial charge is 0.307 e. The molecule has 0 fully saturated rings. The van der Waals surface area contributed by atoms with E-state index in [1.165, 1.54) is 0 Å². The normalized spacial score (nSPS) is 11.1. The first-order valence-electron chi connectivity index (χ1n) is 8.88. The third kappa shape index (κ3) is 4.97. The zero-order valence-electron chi connectivity index (χ0n) is 16.5. The highest BCUT2D eigenvalue weighted by atomic mass is 32.2. The van der Waals surface area contributed by atoms with E-state index in [0.29, 0.717) is 22.3 Å². The largest absolute Gasteiger partial charge is 0.461 e. The van der Waals surface area contributed by atoms with Crippen LogP contribution in [-0.4, -0.2) is 20.9 Å². The monoisotopic (exact) mass is 400 g/mol. The Morgan fingerprint density at radius 1 is 1.11 bits per heavy atom. The number of carbonyl (C=O) groups is 1. The molecule has 0 spiro atoms. The maximum atomic E-state index is 12.7. The fourth-order valence-electron chi connectivity index (χ4n) is 2.93. The number of esters is 1. The number of aryl methyl sites for hydroxylation is 2. The van der Waals surface area contributed by atoms with Crippen molar-refractivity contribution in [2.45, 2.75) is 45.6 Å². The van der Waals surface area contributed by atoms with Crippen molar-refractivity contribution in [3.05, 3.63) is 63.7 Å². The number of nitrogens with zero attached hydrogens (tertiary/aromatic N) is 1. The van der Waals surface area contributed by atoms with Gasteiger partial charge in [-0.3, -0.25) is 4.79 Å². The molecule has 28 heavy (non-hydrogen) atoms. The summed E-state index contributed by atoms with van der Waals surface area (Å²) in [6, 6.07) is 10.8. The first-order valence-corrected chi connectivity index (χ1v) is 10.4. The molecule has 0 atom stereocenters. The maximum Gasteiger partial charge on any atom is 0.307 e. The number of nitrogens with one attached hydrogen (secondary N) is 1. The van der Waals surface area contributed by atoms with Crippen molar-refractivity contribution in [2.75, 3.05) is 6.54 Å². The summed E-state index contributed by atoms with van der Waals surface area (Å²) < 4.78 is 33.1. The lowest BCUT2D eigenvalue weighted by molar-refractivity contribution is -0.144. The van der Waals surface area contributed by atoms with Gasteiger partial charge in [0.05, 0.1) is 22.9 Å². The Labute approximate surface area is 166 Å². The highest BCUT2D eigenvalue weighted by molar-refractivity contribution is 7.89. The summed E-state index contributed by atoms with van der Waals surface area (Å²) in [6.45, 7) is 7.21. The minimum atomic E-state index is -3.74. The molecular formula is C21H24N2O4S. The number of rotatable bonds is 7. The van der Waals surface area contributed by atoms with Crippen molar-refractivity contribution in [1.82, 2.24) is 4.72 Å². The molecule has 1 N–H and O–H groups in total. The van der Waals surface area contributed by atoms with Gasteiger partial charge in [-0.15, -0.1) is 0 Å². The molecule has 7 heteroatoms. The predicted octanol–water partition coefficient (Wildman–Crippen LogP) is 3.20. The average Bonchev–Trinajstić information content (AvgIpc) is 2.64. The first-order chi connectivity index (χ1) is 13.2. The zero-order valence-corrected chi connectivity index (χ0v) is 17.3. The van der Waals surface area contributed by atoms with Crippen LogP contribution in [0, 0.1) is 39.0 Å². The molecule has 0 heterocycles. The standard InChI is InChI=1S/C21H24N2O4S/c1-14-11-15(2)17(4)21(16(14)3)28(25,26)23-10-9-20(24)27-13-19-8-6-5-7-18(19)12-22/h5-8,11,23H,9-10,13H2,1-4H3. The lowest BCUT2D eigenvalue weighted by Gasteiger charge is -2.16. The van der Waals surface area contributed by atoms with Crippen molar-refractivity contribution < 1.29 is 17.9 Å². The minimum absolute atomic E-state index is 0.0232. The summed E-state index contributed by atoms with van der Waals surface area (Å²) in [5, 5.41) is 9.04. The molecule has 2 aromatic carbocycles. The molecule has 0 aromatic heterocycles. The van der Waals surface area contributed by atoms with E-state index in [1.54, 1.807) is 38.1 Å². The Bertz CT molecular complexity index is 1010. The van der Waals surface area contributed by atoms with Crippen LogP contribution in [0.2, 0.25) is 0 Å². The van der Waals surface area contributed by atoms with Gasteiger partial charge in [-0.2, -0.15) is 5.26 Å². The Kier molecular flexibility index (Phi) is 6.95. The average molecular weight is 401 g/mol. The Balaban J connectivity index is 1.98. The first kappa shape index (κ1) is 21.6. The van der Waals surface area contributed by atoms with Crippen LogP contribution < -0.4 is 4.72 Å². The van der Waals surface area contributed by atoms with E-state index < -0.39 is 16.0 Å². The third-order valence-electron chi connectivity index (χ3n) is 4.71. The van der Waals surface area contributed by atoms with Crippen molar-refractivity contribution in [1.29, 1.82) is 5.26 Å². The van der Waals surface area contributed by atoms with Crippen LogP contribution in [0.1, 0.15) is 39.8 Å². The summed E-state index contributed by atoms with van der Waals surface area (Å²) in [5.74, 6) is -0.538. The van der Waals surface area contributed by atoms with Gasteiger partial charge in [-0.25, -0.2) is 13.1 Å². The Hall–Kier alpha value is -2.69. The van der Waals surface area contributed by atoms with Crippen LogP contribution in [0.5, 0.6) is 0 Å². The molecule has 0 radical (unpaired) electrons. The van der Waals surface area contributed by atoms with Gasteiger partial charge < -0.3 is 4.74 Å². The number of benzene rings is 2. The van der Waals surface area contributed by atoms with Gasteiger partial charge in [-0.05, 0) is 56.0 Å². The predicted molar refractivity (Wildman–Crippen MR) is 106 cm³/mol. The molecule has 148 valence electrons. The van der Waals surface area contributed by atoms with Gasteiger partial charge in [-0.1, -0.05) is 24.3 Å². The molecule has 6 nitrogen and oxygen atoms in total. The van der Waals surface area contributed by atoms with Crippen LogP contribution in [0.3, 0.4) is 0 Å². The molecule has 2 aromatic rings. The van der Waals surface area contributed by atoms with E-state index >= 15 is 0 Å². The number of hydrogen-bond donors (Lipinski definition) is 1. The van der Waals surface area contributed by atoms with E-state index in [9.17, 15) is 13.2 Å². The highest BCUT2D eigenvalue weighted by Gasteiger charge is 2.22. The molecule has 0 unspecified atom stereocenters.